The number of benzene rings is 6. The molecule has 0 spiro atoms. The molecule has 6 rings (SSSR count). The van der Waals surface area contributed by atoms with Crippen molar-refractivity contribution in [2.24, 2.45) is 0 Å². The fraction of sp³-hybridized carbons (Fsp3) is 0.0294. The molecule has 2 heteroatoms. The molecule has 0 saturated heterocycles. The van der Waals surface area contributed by atoms with Gasteiger partial charge in [0.2, 0.25) is 0 Å². The minimum absolute atomic E-state index is 0.714. The monoisotopic (exact) mass is 464 g/mol. The topological polar surface area (TPSA) is 26.3 Å². The number of carbonyl (C=O) groups excluding carboxylic acids is 1. The van der Waals surface area contributed by atoms with E-state index in [2.05, 4.69) is 66.7 Å². The fourth-order valence-corrected chi connectivity index (χ4v) is 5.17. The first kappa shape index (κ1) is 21.8. The molecule has 6 aromatic rings. The Labute approximate surface area is 210 Å². The van der Waals surface area contributed by atoms with Crippen LogP contribution in [-0.2, 0) is 0 Å². The molecule has 0 atom stereocenters. The Morgan fingerprint density at radius 1 is 0.556 bits per heavy atom. The molecule has 0 aliphatic carbocycles. The number of methoxy groups -OCH3 is 1. The van der Waals surface area contributed by atoms with Crippen LogP contribution in [0.1, 0.15) is 10.4 Å². The maximum atomic E-state index is 12.7. The second-order valence-electron chi connectivity index (χ2n) is 8.86. The largest absolute Gasteiger partial charge is 0.497 e. The number of aldehydes is 1. The second-order valence-corrected chi connectivity index (χ2v) is 8.86. The number of fused-ring (bicyclic) bond motifs is 3. The van der Waals surface area contributed by atoms with Crippen LogP contribution in [0.2, 0.25) is 0 Å². The van der Waals surface area contributed by atoms with Gasteiger partial charge in [-0.2, -0.15) is 0 Å². The van der Waals surface area contributed by atoms with Crippen molar-refractivity contribution in [1.29, 1.82) is 0 Å². The lowest BCUT2D eigenvalue weighted by atomic mass is 9.83. The van der Waals surface area contributed by atoms with Crippen molar-refractivity contribution in [1.82, 2.24) is 0 Å². The summed E-state index contributed by atoms with van der Waals surface area (Å²) >= 11 is 0. The van der Waals surface area contributed by atoms with Crippen molar-refractivity contribution in [3.63, 3.8) is 0 Å². The maximum Gasteiger partial charge on any atom is 0.151 e. The number of rotatable bonds is 5. The van der Waals surface area contributed by atoms with Gasteiger partial charge < -0.3 is 4.74 Å². The first-order valence-corrected chi connectivity index (χ1v) is 12.0. The molecule has 172 valence electrons. The predicted molar refractivity (Wildman–Crippen MR) is 150 cm³/mol. The lowest BCUT2D eigenvalue weighted by Gasteiger charge is -2.20. The molecule has 0 amide bonds. The second kappa shape index (κ2) is 9.16. The molecule has 0 fully saturated rings. The lowest BCUT2D eigenvalue weighted by molar-refractivity contribution is 0.112. The van der Waals surface area contributed by atoms with E-state index < -0.39 is 0 Å². The van der Waals surface area contributed by atoms with E-state index in [9.17, 15) is 4.79 Å². The Morgan fingerprint density at radius 2 is 1.17 bits per heavy atom. The smallest absolute Gasteiger partial charge is 0.151 e. The molecule has 36 heavy (non-hydrogen) atoms. The van der Waals surface area contributed by atoms with E-state index in [4.69, 9.17) is 4.74 Å². The molecular weight excluding hydrogens is 440 g/mol. The Bertz CT molecular complexity index is 1700. The quantitative estimate of drug-likeness (QED) is 0.188. The van der Waals surface area contributed by atoms with E-state index in [1.807, 2.05) is 54.6 Å². The Hall–Kier alpha value is -4.69. The van der Waals surface area contributed by atoms with Crippen LogP contribution in [-0.4, -0.2) is 13.4 Å². The van der Waals surface area contributed by atoms with Crippen molar-refractivity contribution in [3.8, 4) is 39.1 Å². The molecule has 0 N–H and O–H groups in total. The minimum atomic E-state index is 0.714. The average molecular weight is 465 g/mol. The molecule has 0 aliphatic heterocycles. The van der Waals surface area contributed by atoms with Crippen molar-refractivity contribution in [2.75, 3.05) is 7.11 Å². The molecular formula is C34H24O2. The third-order valence-electron chi connectivity index (χ3n) is 6.85. The van der Waals surface area contributed by atoms with Crippen molar-refractivity contribution in [3.05, 3.63) is 127 Å². The van der Waals surface area contributed by atoms with Gasteiger partial charge in [0, 0.05) is 11.1 Å². The first-order chi connectivity index (χ1) is 17.8. The van der Waals surface area contributed by atoms with Gasteiger partial charge in [0.25, 0.3) is 0 Å². The molecule has 0 bridgehead atoms. The summed E-state index contributed by atoms with van der Waals surface area (Å²) in [6, 6.07) is 41.5. The number of hydrogen-bond donors (Lipinski definition) is 0. The van der Waals surface area contributed by atoms with E-state index in [0.29, 0.717) is 5.56 Å². The van der Waals surface area contributed by atoms with Crippen LogP contribution >= 0.6 is 0 Å². The van der Waals surface area contributed by atoms with Crippen molar-refractivity contribution < 1.29 is 9.53 Å². The Kier molecular flexibility index (Phi) is 5.55. The summed E-state index contributed by atoms with van der Waals surface area (Å²) in [7, 11) is 1.68. The van der Waals surface area contributed by atoms with Gasteiger partial charge in [-0.3, -0.25) is 4.79 Å². The standard InChI is InChI=1S/C34H24O2/c1-36-27-18-16-24(17-19-27)30-20-26(23-10-4-2-5-11-23)21-31-28-14-8-9-15-29(28)32(22-35)33(34(30)31)25-12-6-3-7-13-25/h2-22H,1H3. The summed E-state index contributed by atoms with van der Waals surface area (Å²) in [6.07, 6.45) is 1.01. The number of hydrogen-bond acceptors (Lipinski definition) is 2. The van der Waals surface area contributed by atoms with Gasteiger partial charge in [-0.05, 0) is 73.6 Å². The van der Waals surface area contributed by atoms with Crippen molar-refractivity contribution >= 4 is 27.8 Å². The fourth-order valence-electron chi connectivity index (χ4n) is 5.17. The highest BCUT2D eigenvalue weighted by atomic mass is 16.5. The van der Waals surface area contributed by atoms with Crippen LogP contribution in [0, 0.1) is 0 Å². The van der Waals surface area contributed by atoms with Gasteiger partial charge in [-0.25, -0.2) is 0 Å². The zero-order valence-electron chi connectivity index (χ0n) is 19.9. The third-order valence-corrected chi connectivity index (χ3v) is 6.85. The summed E-state index contributed by atoms with van der Waals surface area (Å²) in [5.74, 6) is 0.810. The number of ether oxygens (including phenoxy) is 1. The molecule has 0 radical (unpaired) electrons. The third kappa shape index (κ3) is 3.64. The van der Waals surface area contributed by atoms with Crippen LogP contribution in [0.5, 0.6) is 5.75 Å². The summed E-state index contributed by atoms with van der Waals surface area (Å²) in [4.78, 5) is 12.7. The summed E-state index contributed by atoms with van der Waals surface area (Å²) in [6.45, 7) is 0. The zero-order chi connectivity index (χ0) is 24.5. The highest BCUT2D eigenvalue weighted by Crippen LogP contribution is 2.45. The van der Waals surface area contributed by atoms with Crippen LogP contribution in [0.3, 0.4) is 0 Å². The van der Waals surface area contributed by atoms with E-state index in [1.165, 1.54) is 0 Å². The Morgan fingerprint density at radius 3 is 1.81 bits per heavy atom. The van der Waals surface area contributed by atoms with Crippen LogP contribution in [0.25, 0.3) is 54.9 Å². The van der Waals surface area contributed by atoms with E-state index >= 15 is 0 Å². The predicted octanol–water partition coefficient (Wildman–Crippen LogP) is 8.82. The molecule has 0 heterocycles. The van der Waals surface area contributed by atoms with E-state index in [-0.39, 0.29) is 0 Å². The molecule has 0 aromatic heterocycles. The Balaban J connectivity index is 1.84. The maximum absolute atomic E-state index is 12.7. The first-order valence-electron chi connectivity index (χ1n) is 12.0. The molecule has 0 aliphatic rings. The van der Waals surface area contributed by atoms with Gasteiger partial charge >= 0.3 is 0 Å². The minimum Gasteiger partial charge on any atom is -0.497 e. The highest BCUT2D eigenvalue weighted by Gasteiger charge is 2.20. The van der Waals surface area contributed by atoms with Gasteiger partial charge in [-0.1, -0.05) is 97.1 Å². The summed E-state index contributed by atoms with van der Waals surface area (Å²) in [5, 5.41) is 4.24. The molecule has 6 aromatic carbocycles. The SMILES string of the molecule is COc1ccc(-c2cc(-c3ccccc3)cc3c2c(-c2ccccc2)c(C=O)c2ccccc23)cc1. The van der Waals surface area contributed by atoms with Crippen molar-refractivity contribution in [2.45, 2.75) is 0 Å². The summed E-state index contributed by atoms with van der Waals surface area (Å²) in [5.41, 5.74) is 7.15. The normalized spacial score (nSPS) is 11.0. The van der Waals surface area contributed by atoms with Gasteiger partial charge in [0.05, 0.1) is 7.11 Å². The highest BCUT2D eigenvalue weighted by molar-refractivity contribution is 6.25. The van der Waals surface area contributed by atoms with E-state index in [1.54, 1.807) is 7.11 Å². The van der Waals surface area contributed by atoms with Gasteiger partial charge in [-0.15, -0.1) is 0 Å². The van der Waals surface area contributed by atoms with Crippen LogP contribution in [0.15, 0.2) is 121 Å². The molecule has 0 unspecified atom stereocenters. The average Bonchev–Trinajstić information content (AvgIpc) is 2.97. The van der Waals surface area contributed by atoms with Gasteiger partial charge in [0.1, 0.15) is 5.75 Å². The zero-order valence-corrected chi connectivity index (χ0v) is 19.9. The lowest BCUT2D eigenvalue weighted by Crippen LogP contribution is -1.96. The number of carbonyl (C=O) groups is 1. The van der Waals surface area contributed by atoms with Crippen LogP contribution < -0.4 is 4.74 Å². The van der Waals surface area contributed by atoms with Gasteiger partial charge in [0.15, 0.2) is 6.29 Å². The summed E-state index contributed by atoms with van der Waals surface area (Å²) < 4.78 is 5.43. The van der Waals surface area contributed by atoms with E-state index in [0.717, 1.165) is 67.0 Å². The van der Waals surface area contributed by atoms with Crippen LogP contribution in [0.4, 0.5) is 0 Å². The molecule has 0 saturated carbocycles. The molecule has 2 nitrogen and oxygen atoms in total.